The normalized spacial score (nSPS) is 10.1. The number of nitrogens with two attached hydrogens (primary N) is 1. The molecule has 2 aromatic carbocycles. The largest absolute Gasteiger partial charge is 0.399 e. The fraction of sp³-hybridized carbons (Fsp3) is 0. The van der Waals surface area contributed by atoms with Crippen LogP contribution in [0.4, 0.5) is 5.69 Å². The molecule has 0 aliphatic rings. The van der Waals surface area contributed by atoms with Crippen LogP contribution in [0.3, 0.4) is 0 Å². The minimum absolute atomic E-state index is 0.791. The average molecular weight is 201 g/mol. The zero-order chi connectivity index (χ0) is 9.97. The van der Waals surface area contributed by atoms with Crippen molar-refractivity contribution < 1.29 is 0 Å². The third-order valence-corrected chi connectivity index (χ3v) is 2.41. The molecule has 0 atom stereocenters. The fourth-order valence-electron chi connectivity index (χ4n) is 1.33. The summed E-state index contributed by atoms with van der Waals surface area (Å²) in [4.78, 5) is 0.976. The molecule has 0 spiro atoms. The van der Waals surface area contributed by atoms with Crippen LogP contribution in [0.25, 0.3) is 11.1 Å². The van der Waals surface area contributed by atoms with Gasteiger partial charge in [0.15, 0.2) is 0 Å². The maximum absolute atomic E-state index is 5.62. The van der Waals surface area contributed by atoms with Gasteiger partial charge in [0.2, 0.25) is 0 Å². The molecule has 2 rings (SSSR count). The molecule has 0 saturated carbocycles. The number of hydrogen-bond donors (Lipinski definition) is 2. The van der Waals surface area contributed by atoms with Crippen LogP contribution in [0.15, 0.2) is 53.4 Å². The van der Waals surface area contributed by atoms with Crippen LogP contribution in [0.1, 0.15) is 0 Å². The summed E-state index contributed by atoms with van der Waals surface area (Å²) < 4.78 is 0. The van der Waals surface area contributed by atoms with E-state index in [1.807, 2.05) is 48.5 Å². The number of hydrogen-bond acceptors (Lipinski definition) is 2. The van der Waals surface area contributed by atoms with Crippen LogP contribution >= 0.6 is 12.6 Å². The van der Waals surface area contributed by atoms with E-state index in [0.29, 0.717) is 0 Å². The zero-order valence-corrected chi connectivity index (χ0v) is 8.54. The van der Waals surface area contributed by atoms with Crippen LogP contribution in [0.2, 0.25) is 0 Å². The predicted octanol–water partition coefficient (Wildman–Crippen LogP) is 3.22. The molecule has 2 aromatic rings. The molecule has 2 N–H and O–H groups in total. The highest BCUT2D eigenvalue weighted by molar-refractivity contribution is 7.80. The molecule has 0 unspecified atom stereocenters. The van der Waals surface area contributed by atoms with Crippen LogP contribution in [-0.4, -0.2) is 0 Å². The first kappa shape index (κ1) is 9.16. The molecule has 0 radical (unpaired) electrons. The Balaban J connectivity index is 2.40. The van der Waals surface area contributed by atoms with Gasteiger partial charge in [-0.1, -0.05) is 24.3 Å². The molecule has 70 valence electrons. The first-order valence-corrected chi connectivity index (χ1v) is 4.85. The van der Waals surface area contributed by atoms with Gasteiger partial charge in [0.05, 0.1) is 0 Å². The summed E-state index contributed by atoms with van der Waals surface area (Å²) in [6, 6.07) is 15.9. The topological polar surface area (TPSA) is 26.0 Å². The van der Waals surface area contributed by atoms with Crippen molar-refractivity contribution in [2.24, 2.45) is 0 Å². The Labute approximate surface area is 89.0 Å². The van der Waals surface area contributed by atoms with Gasteiger partial charge in [-0.25, -0.2) is 0 Å². The van der Waals surface area contributed by atoms with E-state index < -0.39 is 0 Å². The van der Waals surface area contributed by atoms with Crippen molar-refractivity contribution in [3.05, 3.63) is 48.5 Å². The molecule has 14 heavy (non-hydrogen) atoms. The lowest BCUT2D eigenvalue weighted by Crippen LogP contribution is -1.83. The van der Waals surface area contributed by atoms with E-state index in [1.54, 1.807) is 0 Å². The number of nitrogen functional groups attached to an aromatic ring is 1. The van der Waals surface area contributed by atoms with Crippen molar-refractivity contribution in [3.63, 3.8) is 0 Å². The second kappa shape index (κ2) is 3.76. The third kappa shape index (κ3) is 1.91. The van der Waals surface area contributed by atoms with Gasteiger partial charge in [-0.05, 0) is 35.4 Å². The number of anilines is 1. The summed E-state index contributed by atoms with van der Waals surface area (Å²) in [5.74, 6) is 0. The SMILES string of the molecule is Nc1ccc(-c2ccc(S)cc2)cc1. The summed E-state index contributed by atoms with van der Waals surface area (Å²) in [7, 11) is 0. The number of rotatable bonds is 1. The van der Waals surface area contributed by atoms with Gasteiger partial charge < -0.3 is 5.73 Å². The summed E-state index contributed by atoms with van der Waals surface area (Å²) in [5.41, 5.74) is 8.76. The highest BCUT2D eigenvalue weighted by atomic mass is 32.1. The van der Waals surface area contributed by atoms with Crippen LogP contribution < -0.4 is 5.73 Å². The predicted molar refractivity (Wildman–Crippen MR) is 63.5 cm³/mol. The van der Waals surface area contributed by atoms with Gasteiger partial charge in [0.1, 0.15) is 0 Å². The third-order valence-electron chi connectivity index (χ3n) is 2.11. The van der Waals surface area contributed by atoms with E-state index in [-0.39, 0.29) is 0 Å². The molecular formula is C12H11NS. The van der Waals surface area contributed by atoms with Crippen molar-refractivity contribution >= 4 is 18.3 Å². The minimum atomic E-state index is 0.791. The summed E-state index contributed by atoms with van der Waals surface area (Å²) in [6.45, 7) is 0. The molecule has 0 amide bonds. The summed E-state index contributed by atoms with van der Waals surface area (Å²) >= 11 is 4.24. The molecule has 0 saturated heterocycles. The zero-order valence-electron chi connectivity index (χ0n) is 7.64. The lowest BCUT2D eigenvalue weighted by atomic mass is 10.1. The van der Waals surface area contributed by atoms with E-state index in [0.717, 1.165) is 10.6 Å². The van der Waals surface area contributed by atoms with E-state index in [1.165, 1.54) is 11.1 Å². The van der Waals surface area contributed by atoms with Gasteiger partial charge in [-0.2, -0.15) is 0 Å². The van der Waals surface area contributed by atoms with Gasteiger partial charge >= 0.3 is 0 Å². The molecule has 0 heterocycles. The van der Waals surface area contributed by atoms with E-state index >= 15 is 0 Å². The fourth-order valence-corrected chi connectivity index (χ4v) is 1.48. The Morgan fingerprint density at radius 1 is 0.714 bits per heavy atom. The quantitative estimate of drug-likeness (QED) is 0.537. The number of thiol groups is 1. The van der Waals surface area contributed by atoms with Gasteiger partial charge in [0, 0.05) is 10.6 Å². The Morgan fingerprint density at radius 3 is 1.64 bits per heavy atom. The van der Waals surface area contributed by atoms with Crippen molar-refractivity contribution in [2.75, 3.05) is 5.73 Å². The molecule has 0 bridgehead atoms. The van der Waals surface area contributed by atoms with Gasteiger partial charge in [0.25, 0.3) is 0 Å². The molecular weight excluding hydrogens is 190 g/mol. The van der Waals surface area contributed by atoms with Crippen molar-refractivity contribution in [3.8, 4) is 11.1 Å². The smallest absolute Gasteiger partial charge is 0.0314 e. The van der Waals surface area contributed by atoms with Gasteiger partial charge in [-0.15, -0.1) is 12.6 Å². The monoisotopic (exact) mass is 201 g/mol. The number of benzene rings is 2. The molecule has 0 aliphatic heterocycles. The molecule has 2 heteroatoms. The molecule has 0 fully saturated rings. The van der Waals surface area contributed by atoms with E-state index in [9.17, 15) is 0 Å². The van der Waals surface area contributed by atoms with E-state index in [2.05, 4.69) is 12.6 Å². The second-order valence-electron chi connectivity index (χ2n) is 3.17. The van der Waals surface area contributed by atoms with Crippen molar-refractivity contribution in [1.82, 2.24) is 0 Å². The second-order valence-corrected chi connectivity index (χ2v) is 3.69. The highest BCUT2D eigenvalue weighted by Gasteiger charge is 1.95. The standard InChI is InChI=1S/C12H11NS/c13-11-5-1-9(2-6-11)10-3-7-12(14)8-4-10/h1-8,14H,13H2. The first-order valence-electron chi connectivity index (χ1n) is 4.41. The van der Waals surface area contributed by atoms with Crippen LogP contribution in [0, 0.1) is 0 Å². The lowest BCUT2D eigenvalue weighted by molar-refractivity contribution is 1.47. The Hall–Kier alpha value is -1.41. The summed E-state index contributed by atoms with van der Waals surface area (Å²) in [5, 5.41) is 0. The summed E-state index contributed by atoms with van der Waals surface area (Å²) in [6.07, 6.45) is 0. The van der Waals surface area contributed by atoms with Crippen LogP contribution in [-0.2, 0) is 0 Å². The Bertz CT molecular complexity index is 374. The van der Waals surface area contributed by atoms with Crippen LogP contribution in [0.5, 0.6) is 0 Å². The van der Waals surface area contributed by atoms with E-state index in [4.69, 9.17) is 5.73 Å². The van der Waals surface area contributed by atoms with Crippen molar-refractivity contribution in [2.45, 2.75) is 4.90 Å². The Morgan fingerprint density at radius 2 is 1.14 bits per heavy atom. The highest BCUT2D eigenvalue weighted by Crippen LogP contribution is 2.21. The Kier molecular flexibility index (Phi) is 2.46. The van der Waals surface area contributed by atoms with Crippen molar-refractivity contribution in [1.29, 1.82) is 0 Å². The molecule has 0 aromatic heterocycles. The molecule has 1 nitrogen and oxygen atoms in total. The molecule has 0 aliphatic carbocycles. The average Bonchev–Trinajstić information content (AvgIpc) is 2.21. The first-order chi connectivity index (χ1) is 6.75. The maximum Gasteiger partial charge on any atom is 0.0314 e. The minimum Gasteiger partial charge on any atom is -0.399 e. The maximum atomic E-state index is 5.62. The van der Waals surface area contributed by atoms with Gasteiger partial charge in [-0.3, -0.25) is 0 Å². The lowest BCUT2D eigenvalue weighted by Gasteiger charge is -2.02.